The molecule has 1 heterocycles. The van der Waals surface area contributed by atoms with E-state index in [0.717, 1.165) is 38.2 Å². The molecule has 0 spiro atoms. The van der Waals surface area contributed by atoms with E-state index >= 15 is 0 Å². The topological polar surface area (TPSA) is 35.5 Å². The van der Waals surface area contributed by atoms with Crippen molar-refractivity contribution in [2.75, 3.05) is 26.2 Å². The lowest BCUT2D eigenvalue weighted by Crippen LogP contribution is -2.45. The minimum Gasteiger partial charge on any atom is -0.506 e. The van der Waals surface area contributed by atoms with Crippen LogP contribution in [0.25, 0.3) is 0 Å². The summed E-state index contributed by atoms with van der Waals surface area (Å²) in [4.78, 5) is 2.40. The number of phenolic OH excluding ortho intramolecular Hbond substituents is 1. The van der Waals surface area contributed by atoms with Crippen molar-refractivity contribution in [3.8, 4) is 5.75 Å². The zero-order chi connectivity index (χ0) is 12.3. The van der Waals surface area contributed by atoms with Crippen molar-refractivity contribution in [3.63, 3.8) is 0 Å². The largest absolute Gasteiger partial charge is 0.506 e. The highest BCUT2D eigenvalue weighted by Crippen LogP contribution is 2.35. The number of nitrogens with zero attached hydrogens (tertiary/aromatic N) is 1. The monoisotopic (exact) mass is 326 g/mol. The molecule has 0 bridgehead atoms. The van der Waals surface area contributed by atoms with Crippen LogP contribution in [-0.2, 0) is 0 Å². The van der Waals surface area contributed by atoms with Crippen molar-refractivity contribution in [3.05, 3.63) is 28.8 Å². The first-order valence-corrected chi connectivity index (χ1v) is 6.54. The lowest BCUT2D eigenvalue weighted by molar-refractivity contribution is 0.167. The smallest absolute Gasteiger partial charge is 0.138 e. The molecule has 1 saturated heterocycles. The van der Waals surface area contributed by atoms with Gasteiger partial charge in [0.25, 0.3) is 0 Å². The molecule has 6 heteroatoms. The number of para-hydroxylation sites is 1. The summed E-state index contributed by atoms with van der Waals surface area (Å²) < 4.78 is 0. The van der Waals surface area contributed by atoms with E-state index in [1.54, 1.807) is 6.07 Å². The maximum Gasteiger partial charge on any atom is 0.138 e. The third-order valence-electron chi connectivity index (χ3n) is 3.36. The van der Waals surface area contributed by atoms with Crippen LogP contribution < -0.4 is 5.32 Å². The van der Waals surface area contributed by atoms with E-state index in [0.29, 0.717) is 5.02 Å². The van der Waals surface area contributed by atoms with Gasteiger partial charge in [0, 0.05) is 37.8 Å². The lowest BCUT2D eigenvalue weighted by atomic mass is 10.0. The minimum atomic E-state index is 0. The molecule has 0 aliphatic carbocycles. The molecule has 1 aliphatic rings. The van der Waals surface area contributed by atoms with Crippen molar-refractivity contribution >= 4 is 36.4 Å². The fourth-order valence-electron chi connectivity index (χ4n) is 2.47. The van der Waals surface area contributed by atoms with E-state index in [-0.39, 0.29) is 36.6 Å². The molecule has 19 heavy (non-hydrogen) atoms. The molecule has 0 aromatic heterocycles. The van der Waals surface area contributed by atoms with E-state index in [9.17, 15) is 5.11 Å². The zero-order valence-corrected chi connectivity index (χ0v) is 13.3. The number of hydrogen-bond acceptors (Lipinski definition) is 3. The Kier molecular flexibility index (Phi) is 8.79. The van der Waals surface area contributed by atoms with E-state index in [1.165, 1.54) is 0 Å². The molecule has 110 valence electrons. The van der Waals surface area contributed by atoms with Gasteiger partial charge in [0.05, 0.1) is 5.02 Å². The molecule has 1 atom stereocenters. The Hall–Kier alpha value is -0.190. The molecular weight excluding hydrogens is 307 g/mol. The summed E-state index contributed by atoms with van der Waals surface area (Å²) in [5, 5.41) is 13.8. The summed E-state index contributed by atoms with van der Waals surface area (Å²) in [6.45, 7) is 6.21. The van der Waals surface area contributed by atoms with Crippen LogP contribution in [0.1, 0.15) is 24.9 Å². The number of nitrogens with one attached hydrogen (secondary N) is 1. The van der Waals surface area contributed by atoms with Gasteiger partial charge in [0.1, 0.15) is 5.75 Å². The van der Waals surface area contributed by atoms with Gasteiger partial charge in [-0.15, -0.1) is 24.8 Å². The van der Waals surface area contributed by atoms with Crippen LogP contribution in [0.3, 0.4) is 0 Å². The number of phenols is 1. The molecule has 1 aromatic rings. The highest BCUT2D eigenvalue weighted by Gasteiger charge is 2.23. The predicted octanol–water partition coefficient (Wildman–Crippen LogP) is 3.25. The van der Waals surface area contributed by atoms with Gasteiger partial charge in [-0.2, -0.15) is 0 Å². The standard InChI is InChI=1S/C13H19ClN2O.2ClH/c1-2-12(16-8-6-15-7-9-16)10-4-3-5-11(14)13(10)17;;/h3-5,12,15,17H,2,6-9H2,1H3;2*1H/t12-;;/m0../s1. The zero-order valence-electron chi connectivity index (χ0n) is 10.9. The summed E-state index contributed by atoms with van der Waals surface area (Å²) >= 11 is 5.97. The maximum atomic E-state index is 10.1. The molecule has 0 saturated carbocycles. The van der Waals surface area contributed by atoms with Gasteiger partial charge in [-0.25, -0.2) is 0 Å². The fraction of sp³-hybridized carbons (Fsp3) is 0.538. The first-order chi connectivity index (χ1) is 8.24. The predicted molar refractivity (Wildman–Crippen MR) is 85.1 cm³/mol. The van der Waals surface area contributed by atoms with Gasteiger partial charge < -0.3 is 10.4 Å². The normalized spacial score (nSPS) is 17.2. The molecule has 1 fully saturated rings. The third kappa shape index (κ3) is 4.40. The fourth-order valence-corrected chi connectivity index (χ4v) is 2.65. The molecular formula is C13H21Cl3N2O. The molecule has 1 aromatic carbocycles. The second kappa shape index (κ2) is 8.88. The van der Waals surface area contributed by atoms with Gasteiger partial charge in [0.15, 0.2) is 0 Å². The summed E-state index contributed by atoms with van der Waals surface area (Å²) in [5.41, 5.74) is 0.946. The number of aromatic hydroxyl groups is 1. The van der Waals surface area contributed by atoms with Crippen LogP contribution in [0.4, 0.5) is 0 Å². The average molecular weight is 328 g/mol. The lowest BCUT2D eigenvalue weighted by Gasteiger charge is -2.35. The Labute approximate surface area is 132 Å². The van der Waals surface area contributed by atoms with Crippen molar-refractivity contribution < 1.29 is 5.11 Å². The van der Waals surface area contributed by atoms with Crippen LogP contribution in [0.2, 0.25) is 5.02 Å². The summed E-state index contributed by atoms with van der Waals surface area (Å²) in [6, 6.07) is 5.86. The summed E-state index contributed by atoms with van der Waals surface area (Å²) in [7, 11) is 0. The third-order valence-corrected chi connectivity index (χ3v) is 3.66. The highest BCUT2D eigenvalue weighted by atomic mass is 35.5. The molecule has 1 aliphatic heterocycles. The van der Waals surface area contributed by atoms with Crippen LogP contribution in [0.5, 0.6) is 5.75 Å². The van der Waals surface area contributed by atoms with Gasteiger partial charge in [-0.1, -0.05) is 30.7 Å². The highest BCUT2D eigenvalue weighted by molar-refractivity contribution is 6.32. The van der Waals surface area contributed by atoms with E-state index in [4.69, 9.17) is 11.6 Å². The molecule has 0 unspecified atom stereocenters. The van der Waals surface area contributed by atoms with Gasteiger partial charge in [0.2, 0.25) is 0 Å². The number of rotatable bonds is 3. The SMILES string of the molecule is CC[C@@H](c1cccc(Cl)c1O)N1CCNCC1.Cl.Cl. The number of halogens is 3. The number of benzene rings is 1. The van der Waals surface area contributed by atoms with Gasteiger partial charge in [-0.05, 0) is 12.5 Å². The Bertz CT molecular complexity index is 384. The number of hydrogen-bond donors (Lipinski definition) is 2. The van der Waals surface area contributed by atoms with Crippen molar-refractivity contribution in [1.82, 2.24) is 10.2 Å². The van der Waals surface area contributed by atoms with E-state index < -0.39 is 0 Å². The van der Waals surface area contributed by atoms with Crippen LogP contribution in [-0.4, -0.2) is 36.2 Å². The molecule has 2 rings (SSSR count). The van der Waals surface area contributed by atoms with Crippen molar-refractivity contribution in [1.29, 1.82) is 0 Å². The molecule has 3 nitrogen and oxygen atoms in total. The first kappa shape index (κ1) is 18.8. The second-order valence-corrected chi connectivity index (χ2v) is 4.79. The minimum absolute atomic E-state index is 0. The molecule has 2 N–H and O–H groups in total. The van der Waals surface area contributed by atoms with Gasteiger partial charge in [-0.3, -0.25) is 4.90 Å². The van der Waals surface area contributed by atoms with Crippen LogP contribution >= 0.6 is 36.4 Å². The van der Waals surface area contributed by atoms with Crippen LogP contribution in [0, 0.1) is 0 Å². The molecule has 0 radical (unpaired) electrons. The summed E-state index contributed by atoms with van der Waals surface area (Å²) in [6.07, 6.45) is 0.980. The number of piperazine rings is 1. The second-order valence-electron chi connectivity index (χ2n) is 4.39. The molecule has 0 amide bonds. The summed E-state index contributed by atoms with van der Waals surface area (Å²) in [5.74, 6) is 0.236. The van der Waals surface area contributed by atoms with E-state index in [2.05, 4.69) is 17.1 Å². The first-order valence-electron chi connectivity index (χ1n) is 6.16. The van der Waals surface area contributed by atoms with Crippen molar-refractivity contribution in [2.24, 2.45) is 0 Å². The Morgan fingerprint density at radius 2 is 1.95 bits per heavy atom. The Balaban J connectivity index is 0.00000162. The average Bonchev–Trinajstić information content (AvgIpc) is 2.37. The van der Waals surface area contributed by atoms with Crippen LogP contribution in [0.15, 0.2) is 18.2 Å². The van der Waals surface area contributed by atoms with E-state index in [1.807, 2.05) is 12.1 Å². The Morgan fingerprint density at radius 3 is 2.53 bits per heavy atom. The van der Waals surface area contributed by atoms with Crippen molar-refractivity contribution in [2.45, 2.75) is 19.4 Å². The Morgan fingerprint density at radius 1 is 1.32 bits per heavy atom. The quantitative estimate of drug-likeness (QED) is 0.894. The maximum absolute atomic E-state index is 10.1. The van der Waals surface area contributed by atoms with Gasteiger partial charge >= 0.3 is 0 Å².